The standard InChI is InChI=1S/C22H33N5O3/c1-16(2)13-19(23-21(28)15-29-3)22-25-24-20-9-10-26(11-12-27(20)22)14-17-5-7-18(30-4)8-6-17/h5-8,16,19H,9-15H2,1-4H3,(H,23,28)/t19-/m0/s1. The van der Waals surface area contributed by atoms with Crippen molar-refractivity contribution < 1.29 is 14.3 Å². The van der Waals surface area contributed by atoms with Gasteiger partial charge in [-0.3, -0.25) is 9.69 Å². The highest BCUT2D eigenvalue weighted by atomic mass is 16.5. The highest BCUT2D eigenvalue weighted by molar-refractivity contribution is 5.77. The average Bonchev–Trinajstić information content (AvgIpc) is 3.02. The molecule has 0 saturated heterocycles. The molecule has 3 rings (SSSR count). The van der Waals surface area contributed by atoms with Crippen LogP contribution in [0, 0.1) is 5.92 Å². The number of nitrogens with one attached hydrogen (secondary N) is 1. The summed E-state index contributed by atoms with van der Waals surface area (Å²) < 4.78 is 12.4. The van der Waals surface area contributed by atoms with E-state index in [-0.39, 0.29) is 18.6 Å². The van der Waals surface area contributed by atoms with E-state index in [4.69, 9.17) is 9.47 Å². The van der Waals surface area contributed by atoms with E-state index < -0.39 is 0 Å². The Morgan fingerprint density at radius 1 is 1.13 bits per heavy atom. The molecule has 8 nitrogen and oxygen atoms in total. The quantitative estimate of drug-likeness (QED) is 0.676. The summed E-state index contributed by atoms with van der Waals surface area (Å²) in [5.41, 5.74) is 1.26. The molecule has 0 unspecified atom stereocenters. The normalized spacial score (nSPS) is 15.5. The Bertz CT molecular complexity index is 819. The van der Waals surface area contributed by atoms with E-state index in [0.29, 0.717) is 5.92 Å². The van der Waals surface area contributed by atoms with Crippen molar-refractivity contribution in [2.75, 3.05) is 33.9 Å². The molecule has 8 heteroatoms. The number of carbonyl (C=O) groups excluding carboxylic acids is 1. The number of hydrogen-bond donors (Lipinski definition) is 1. The maximum absolute atomic E-state index is 12.2. The van der Waals surface area contributed by atoms with Crippen molar-refractivity contribution in [3.8, 4) is 5.75 Å². The lowest BCUT2D eigenvalue weighted by atomic mass is 10.0. The Morgan fingerprint density at radius 3 is 2.57 bits per heavy atom. The van der Waals surface area contributed by atoms with Crippen LogP contribution >= 0.6 is 0 Å². The smallest absolute Gasteiger partial charge is 0.246 e. The molecule has 1 N–H and O–H groups in total. The molecule has 1 atom stereocenters. The topological polar surface area (TPSA) is 81.5 Å². The average molecular weight is 416 g/mol. The van der Waals surface area contributed by atoms with Gasteiger partial charge in [0.1, 0.15) is 18.2 Å². The van der Waals surface area contributed by atoms with Crippen LogP contribution in [-0.4, -0.2) is 59.5 Å². The summed E-state index contributed by atoms with van der Waals surface area (Å²) in [6.07, 6.45) is 1.65. The molecule has 2 heterocycles. The number of aromatic nitrogens is 3. The third kappa shape index (κ3) is 5.79. The van der Waals surface area contributed by atoms with Crippen LogP contribution in [0.3, 0.4) is 0 Å². The summed E-state index contributed by atoms with van der Waals surface area (Å²) in [5, 5.41) is 12.0. The largest absolute Gasteiger partial charge is 0.497 e. The molecule has 1 aromatic carbocycles. The summed E-state index contributed by atoms with van der Waals surface area (Å²) in [6, 6.07) is 8.05. The van der Waals surface area contributed by atoms with Gasteiger partial charge in [-0.25, -0.2) is 0 Å². The lowest BCUT2D eigenvalue weighted by Gasteiger charge is -2.22. The van der Waals surface area contributed by atoms with Crippen LogP contribution in [0.5, 0.6) is 5.75 Å². The number of ether oxygens (including phenoxy) is 2. The minimum absolute atomic E-state index is 0.0469. The molecule has 0 aliphatic carbocycles. The number of methoxy groups -OCH3 is 2. The molecule has 0 radical (unpaired) electrons. The minimum Gasteiger partial charge on any atom is -0.497 e. The number of rotatable bonds is 9. The lowest BCUT2D eigenvalue weighted by molar-refractivity contribution is -0.125. The van der Waals surface area contributed by atoms with E-state index in [1.54, 1.807) is 7.11 Å². The Labute approximate surface area is 178 Å². The van der Waals surface area contributed by atoms with Gasteiger partial charge in [0.25, 0.3) is 0 Å². The minimum atomic E-state index is -0.165. The van der Waals surface area contributed by atoms with Gasteiger partial charge in [0.15, 0.2) is 5.82 Å². The van der Waals surface area contributed by atoms with Crippen LogP contribution in [0.1, 0.15) is 43.5 Å². The summed E-state index contributed by atoms with van der Waals surface area (Å²) in [6.45, 7) is 7.86. The van der Waals surface area contributed by atoms with Crippen molar-refractivity contribution in [3.63, 3.8) is 0 Å². The first-order chi connectivity index (χ1) is 14.5. The van der Waals surface area contributed by atoms with Gasteiger partial charge in [0.2, 0.25) is 5.91 Å². The Morgan fingerprint density at radius 2 is 1.90 bits per heavy atom. The predicted octanol–water partition coefficient (Wildman–Crippen LogP) is 2.19. The molecule has 1 amide bonds. The van der Waals surface area contributed by atoms with Crippen LogP contribution < -0.4 is 10.1 Å². The molecular weight excluding hydrogens is 382 g/mol. The predicted molar refractivity (Wildman–Crippen MR) is 114 cm³/mol. The molecule has 0 bridgehead atoms. The fraction of sp³-hybridized carbons (Fsp3) is 0.591. The molecule has 2 aromatic rings. The number of hydrogen-bond acceptors (Lipinski definition) is 6. The van der Waals surface area contributed by atoms with Crippen LogP contribution in [0.2, 0.25) is 0 Å². The number of nitrogens with zero attached hydrogens (tertiary/aromatic N) is 4. The Hall–Kier alpha value is -2.45. The molecule has 0 spiro atoms. The van der Waals surface area contributed by atoms with E-state index in [2.05, 4.69) is 51.0 Å². The third-order valence-corrected chi connectivity index (χ3v) is 5.34. The maximum Gasteiger partial charge on any atom is 0.246 e. The monoisotopic (exact) mass is 415 g/mol. The van der Waals surface area contributed by atoms with Crippen molar-refractivity contribution in [1.29, 1.82) is 0 Å². The zero-order valence-electron chi connectivity index (χ0n) is 18.4. The van der Waals surface area contributed by atoms with Gasteiger partial charge in [-0.2, -0.15) is 0 Å². The number of benzene rings is 1. The van der Waals surface area contributed by atoms with E-state index >= 15 is 0 Å². The molecule has 164 valence electrons. The zero-order chi connectivity index (χ0) is 21.5. The fourth-order valence-corrected chi connectivity index (χ4v) is 3.86. The molecule has 1 aliphatic heterocycles. The van der Waals surface area contributed by atoms with E-state index in [0.717, 1.165) is 56.4 Å². The summed E-state index contributed by atoms with van der Waals surface area (Å²) in [5.74, 6) is 2.99. The van der Waals surface area contributed by atoms with Crippen LogP contribution in [0.15, 0.2) is 24.3 Å². The van der Waals surface area contributed by atoms with E-state index in [9.17, 15) is 4.79 Å². The molecule has 1 aliphatic rings. The van der Waals surface area contributed by atoms with Crippen molar-refractivity contribution in [2.24, 2.45) is 5.92 Å². The molecular formula is C22H33N5O3. The second-order valence-corrected chi connectivity index (χ2v) is 8.18. The van der Waals surface area contributed by atoms with E-state index in [1.165, 1.54) is 12.7 Å². The zero-order valence-corrected chi connectivity index (χ0v) is 18.4. The first kappa shape index (κ1) is 22.2. The second kappa shape index (κ2) is 10.5. The van der Waals surface area contributed by atoms with Gasteiger partial charge in [-0.05, 0) is 30.0 Å². The van der Waals surface area contributed by atoms with Crippen molar-refractivity contribution >= 4 is 5.91 Å². The number of carbonyl (C=O) groups is 1. The van der Waals surface area contributed by atoms with E-state index in [1.807, 2.05) is 12.1 Å². The molecule has 1 aromatic heterocycles. The van der Waals surface area contributed by atoms with Crippen molar-refractivity contribution in [2.45, 2.75) is 45.8 Å². The maximum atomic E-state index is 12.2. The van der Waals surface area contributed by atoms with Gasteiger partial charge in [0.05, 0.1) is 13.2 Å². The highest BCUT2D eigenvalue weighted by Crippen LogP contribution is 2.23. The summed E-state index contributed by atoms with van der Waals surface area (Å²) in [4.78, 5) is 14.6. The molecule has 30 heavy (non-hydrogen) atoms. The lowest BCUT2D eigenvalue weighted by Crippen LogP contribution is -2.34. The highest BCUT2D eigenvalue weighted by Gasteiger charge is 2.26. The number of amides is 1. The van der Waals surface area contributed by atoms with Gasteiger partial charge < -0.3 is 19.4 Å². The number of fused-ring (bicyclic) bond motifs is 1. The van der Waals surface area contributed by atoms with Crippen LogP contribution in [0.4, 0.5) is 0 Å². The summed E-state index contributed by atoms with van der Waals surface area (Å²) >= 11 is 0. The third-order valence-electron chi connectivity index (χ3n) is 5.34. The van der Waals surface area contributed by atoms with Gasteiger partial charge in [0, 0.05) is 39.7 Å². The SMILES string of the molecule is COCC(=O)N[C@@H](CC(C)C)c1nnc2n1CCN(Cc1ccc(OC)cc1)CC2. The summed E-state index contributed by atoms with van der Waals surface area (Å²) in [7, 11) is 3.21. The van der Waals surface area contributed by atoms with Gasteiger partial charge >= 0.3 is 0 Å². The second-order valence-electron chi connectivity index (χ2n) is 8.18. The first-order valence-corrected chi connectivity index (χ1v) is 10.6. The Kier molecular flexibility index (Phi) is 7.81. The van der Waals surface area contributed by atoms with Crippen molar-refractivity contribution in [3.05, 3.63) is 41.5 Å². The van der Waals surface area contributed by atoms with Crippen LogP contribution in [0.25, 0.3) is 0 Å². The molecule has 0 saturated carbocycles. The van der Waals surface area contributed by atoms with Gasteiger partial charge in [-0.1, -0.05) is 26.0 Å². The molecule has 0 fully saturated rings. The Balaban J connectivity index is 1.69. The fourth-order valence-electron chi connectivity index (χ4n) is 3.86. The van der Waals surface area contributed by atoms with Crippen molar-refractivity contribution in [1.82, 2.24) is 25.0 Å². The van der Waals surface area contributed by atoms with Crippen LogP contribution in [-0.2, 0) is 29.0 Å². The first-order valence-electron chi connectivity index (χ1n) is 10.6. The van der Waals surface area contributed by atoms with Gasteiger partial charge in [-0.15, -0.1) is 10.2 Å².